The van der Waals surface area contributed by atoms with Gasteiger partial charge in [-0.2, -0.15) is 0 Å². The highest BCUT2D eigenvalue weighted by atomic mass is 16.5. The van der Waals surface area contributed by atoms with Gasteiger partial charge in [-0.25, -0.2) is 14.8 Å². The second kappa shape index (κ2) is 14.2. The van der Waals surface area contributed by atoms with Gasteiger partial charge in [0.1, 0.15) is 23.2 Å². The molecule has 0 fully saturated rings. The molecule has 0 saturated heterocycles. The Kier molecular flexibility index (Phi) is 10.4. The minimum atomic E-state index is -0.435. The Hall–Kier alpha value is -4.44. The van der Waals surface area contributed by atoms with E-state index in [1.807, 2.05) is 63.2 Å². The first-order chi connectivity index (χ1) is 20.6. The van der Waals surface area contributed by atoms with Crippen molar-refractivity contribution >= 4 is 29.3 Å². The van der Waals surface area contributed by atoms with Crippen molar-refractivity contribution in [3.63, 3.8) is 0 Å². The summed E-state index contributed by atoms with van der Waals surface area (Å²) < 4.78 is 16.8. The molecule has 0 radical (unpaired) electrons. The summed E-state index contributed by atoms with van der Waals surface area (Å²) in [6, 6.07) is 17.0. The molecule has 2 N–H and O–H groups in total. The van der Waals surface area contributed by atoms with Gasteiger partial charge in [0, 0.05) is 49.9 Å². The van der Waals surface area contributed by atoms with Crippen molar-refractivity contribution in [1.29, 1.82) is 0 Å². The number of hydrogen-bond acceptors (Lipinski definition) is 7. The number of aromatic nitrogens is 1. The largest absolute Gasteiger partial charge is 0.497 e. The summed E-state index contributed by atoms with van der Waals surface area (Å²) >= 11 is 0. The normalized spacial score (nSPS) is 14.3. The number of methoxy groups -OCH3 is 2. The number of benzene rings is 2. The Balaban J connectivity index is 1.57. The molecular weight excluding hydrogens is 546 g/mol. The molecule has 2 heterocycles. The smallest absolute Gasteiger partial charge is 0.320 e. The summed E-state index contributed by atoms with van der Waals surface area (Å²) in [4.78, 5) is 36.7. The lowest BCUT2D eigenvalue weighted by atomic mass is 9.88. The number of nitrogens with one attached hydrogen (secondary N) is 2. The zero-order valence-electron chi connectivity index (χ0n) is 25.8. The van der Waals surface area contributed by atoms with Crippen molar-refractivity contribution in [3.8, 4) is 11.5 Å². The number of fused-ring (bicyclic) bond motifs is 1. The fraction of sp³-hybridized carbons (Fsp3) is 0.394. The molecular formula is C33H41N5O5. The quantitative estimate of drug-likeness (QED) is 0.302. The first-order valence-corrected chi connectivity index (χ1v) is 14.4. The third-order valence-corrected chi connectivity index (χ3v) is 6.89. The first-order valence-electron chi connectivity index (χ1n) is 14.4. The monoisotopic (exact) mass is 587 g/mol. The van der Waals surface area contributed by atoms with Crippen LogP contribution in [-0.4, -0.2) is 55.7 Å². The minimum absolute atomic E-state index is 0.125. The molecule has 1 aromatic heterocycles. The van der Waals surface area contributed by atoms with Crippen LogP contribution in [0.15, 0.2) is 65.8 Å². The highest BCUT2D eigenvalue weighted by Crippen LogP contribution is 2.37. The highest BCUT2D eigenvalue weighted by molar-refractivity contribution is 6.03. The lowest BCUT2D eigenvalue weighted by Gasteiger charge is -2.28. The Morgan fingerprint density at radius 2 is 1.72 bits per heavy atom. The third kappa shape index (κ3) is 8.78. The second-order valence-electron chi connectivity index (χ2n) is 11.5. The molecule has 10 heteroatoms. The van der Waals surface area contributed by atoms with E-state index in [2.05, 4.69) is 15.6 Å². The van der Waals surface area contributed by atoms with Gasteiger partial charge in [0.25, 0.3) is 0 Å². The molecule has 228 valence electrons. The van der Waals surface area contributed by atoms with Crippen molar-refractivity contribution < 1.29 is 23.8 Å². The van der Waals surface area contributed by atoms with Crippen LogP contribution in [0.5, 0.6) is 11.5 Å². The maximum absolute atomic E-state index is 13.0. The van der Waals surface area contributed by atoms with Crippen LogP contribution in [-0.2, 0) is 22.6 Å². The Morgan fingerprint density at radius 1 is 1.02 bits per heavy atom. The zero-order valence-corrected chi connectivity index (χ0v) is 25.8. The van der Waals surface area contributed by atoms with Gasteiger partial charge in [0.2, 0.25) is 5.91 Å². The van der Waals surface area contributed by atoms with Crippen LogP contribution in [0.2, 0.25) is 0 Å². The van der Waals surface area contributed by atoms with Crippen LogP contribution in [0.4, 0.5) is 16.3 Å². The number of anilines is 1. The summed E-state index contributed by atoms with van der Waals surface area (Å²) in [7, 11) is 3.20. The van der Waals surface area contributed by atoms with Gasteiger partial charge in [0.15, 0.2) is 0 Å². The van der Waals surface area contributed by atoms with Crippen molar-refractivity contribution in [2.45, 2.75) is 58.6 Å². The number of carbonyl (C=O) groups is 2. The Labute approximate surface area is 253 Å². The number of amidine groups is 1. The molecule has 1 unspecified atom stereocenters. The third-order valence-electron chi connectivity index (χ3n) is 6.89. The standard InChI is InChI=1S/C33H41N5O5/c1-22(39)38(13-10-14-43-21-23-11-8-7-9-12-23)30-19-29-25(20-34-30)17-28(24-15-26(41-5)18-27(16-24)42-6)31(35-29)36-32(40)37-33(2,3)4/h7-9,11-12,15-16,18-20,28H,10,13-14,17,21H2,1-6H3,(H2,35,36,37,40). The van der Waals surface area contributed by atoms with E-state index in [4.69, 9.17) is 19.2 Å². The number of pyridine rings is 1. The van der Waals surface area contributed by atoms with E-state index >= 15 is 0 Å². The number of rotatable bonds is 10. The SMILES string of the molecule is COc1cc(OC)cc(C2Cc3cnc(N(CCCOCc4ccccc4)C(C)=O)cc3N=C2NC(=O)NC(C)(C)C)c1. The van der Waals surface area contributed by atoms with E-state index in [1.54, 1.807) is 37.4 Å². The first kappa shape index (κ1) is 31.5. The van der Waals surface area contributed by atoms with E-state index in [9.17, 15) is 9.59 Å². The van der Waals surface area contributed by atoms with E-state index in [0.717, 1.165) is 16.7 Å². The molecule has 0 saturated carbocycles. The number of ether oxygens (including phenoxy) is 3. The topological polar surface area (TPSA) is 114 Å². The van der Waals surface area contributed by atoms with E-state index in [0.29, 0.717) is 61.4 Å². The molecule has 2 aromatic carbocycles. The minimum Gasteiger partial charge on any atom is -0.497 e. The summed E-state index contributed by atoms with van der Waals surface area (Å²) in [5.41, 5.74) is 3.09. The molecule has 0 spiro atoms. The fourth-order valence-electron chi connectivity index (χ4n) is 4.83. The molecule has 1 aliphatic rings. The van der Waals surface area contributed by atoms with Crippen molar-refractivity contribution in [1.82, 2.24) is 15.6 Å². The highest BCUT2D eigenvalue weighted by Gasteiger charge is 2.29. The summed E-state index contributed by atoms with van der Waals surface area (Å²) in [5, 5.41) is 5.91. The molecule has 3 amide bonds. The van der Waals surface area contributed by atoms with Gasteiger partial charge in [-0.05, 0) is 62.4 Å². The van der Waals surface area contributed by atoms with Crippen LogP contribution in [0.1, 0.15) is 56.7 Å². The second-order valence-corrected chi connectivity index (χ2v) is 11.5. The number of carbonyl (C=O) groups excluding carboxylic acids is 2. The van der Waals surface area contributed by atoms with Gasteiger partial charge in [-0.3, -0.25) is 15.0 Å². The molecule has 10 nitrogen and oxygen atoms in total. The van der Waals surface area contributed by atoms with Crippen LogP contribution in [0, 0.1) is 0 Å². The lowest BCUT2D eigenvalue weighted by Crippen LogP contribution is -2.49. The van der Waals surface area contributed by atoms with Gasteiger partial charge in [-0.15, -0.1) is 0 Å². The molecule has 1 aliphatic heterocycles. The summed E-state index contributed by atoms with van der Waals surface area (Å²) in [6.07, 6.45) is 2.93. The number of nitrogens with zero attached hydrogens (tertiary/aromatic N) is 3. The molecule has 0 bridgehead atoms. The molecule has 1 atom stereocenters. The van der Waals surface area contributed by atoms with Crippen molar-refractivity contribution in [2.75, 3.05) is 32.3 Å². The van der Waals surface area contributed by atoms with E-state index < -0.39 is 5.54 Å². The number of urea groups is 1. The van der Waals surface area contributed by atoms with Gasteiger partial charge < -0.3 is 19.5 Å². The van der Waals surface area contributed by atoms with E-state index in [-0.39, 0.29) is 17.9 Å². The summed E-state index contributed by atoms with van der Waals surface area (Å²) in [6.45, 7) is 8.73. The fourth-order valence-corrected chi connectivity index (χ4v) is 4.83. The average molecular weight is 588 g/mol. The Morgan fingerprint density at radius 3 is 2.35 bits per heavy atom. The van der Waals surface area contributed by atoms with Crippen LogP contribution < -0.4 is 25.0 Å². The van der Waals surface area contributed by atoms with Crippen LogP contribution >= 0.6 is 0 Å². The average Bonchev–Trinajstić information content (AvgIpc) is 2.97. The zero-order chi connectivity index (χ0) is 31.0. The predicted octanol–water partition coefficient (Wildman–Crippen LogP) is 5.53. The number of aliphatic imine (C=N–C) groups is 1. The Bertz CT molecular complexity index is 1430. The number of hydrogen-bond donors (Lipinski definition) is 2. The van der Waals surface area contributed by atoms with E-state index in [1.165, 1.54) is 6.92 Å². The maximum Gasteiger partial charge on any atom is 0.320 e. The van der Waals surface area contributed by atoms with Crippen LogP contribution in [0.3, 0.4) is 0 Å². The maximum atomic E-state index is 13.0. The molecule has 3 aromatic rings. The number of amides is 3. The van der Waals surface area contributed by atoms with Crippen molar-refractivity contribution in [3.05, 3.63) is 77.5 Å². The van der Waals surface area contributed by atoms with Crippen LogP contribution in [0.25, 0.3) is 0 Å². The van der Waals surface area contributed by atoms with Gasteiger partial charge in [-0.1, -0.05) is 30.3 Å². The lowest BCUT2D eigenvalue weighted by molar-refractivity contribution is -0.116. The molecule has 0 aliphatic carbocycles. The molecule has 43 heavy (non-hydrogen) atoms. The predicted molar refractivity (Wildman–Crippen MR) is 167 cm³/mol. The van der Waals surface area contributed by atoms with Gasteiger partial charge in [0.05, 0.1) is 26.5 Å². The molecule has 4 rings (SSSR count). The summed E-state index contributed by atoms with van der Waals surface area (Å²) in [5.74, 6) is 1.83. The van der Waals surface area contributed by atoms with Gasteiger partial charge >= 0.3 is 6.03 Å². The van der Waals surface area contributed by atoms with Crippen molar-refractivity contribution in [2.24, 2.45) is 4.99 Å².